The van der Waals surface area contributed by atoms with Crippen molar-refractivity contribution in [1.82, 2.24) is 19.6 Å². The van der Waals surface area contributed by atoms with E-state index in [1.165, 1.54) is 10.4 Å². The molecule has 6 nitrogen and oxygen atoms in total. The number of likely N-dealkylation sites (N-methyl/N-ethyl adjacent to an activating group) is 1. The van der Waals surface area contributed by atoms with Crippen LogP contribution in [0.15, 0.2) is 47.8 Å². The van der Waals surface area contributed by atoms with Crippen LogP contribution < -0.4 is 0 Å². The van der Waals surface area contributed by atoms with E-state index < -0.39 is 0 Å². The summed E-state index contributed by atoms with van der Waals surface area (Å²) in [6, 6.07) is 15.2. The third-order valence-electron chi connectivity index (χ3n) is 6.22. The number of hydrogen-bond acceptors (Lipinski definition) is 6. The maximum atomic E-state index is 13.0. The van der Waals surface area contributed by atoms with Crippen LogP contribution in [0, 0.1) is 0 Å². The largest absolute Gasteiger partial charge is 0.379 e. The Morgan fingerprint density at radius 3 is 2.45 bits per heavy atom. The molecule has 1 unspecified atom stereocenters. The van der Waals surface area contributed by atoms with Crippen LogP contribution in [0.4, 0.5) is 0 Å². The standard InChI is InChI=1S/C24H34N4O2S/c1-25(19-22(23-8-5-17-31-23)27-13-15-30-16-14-27)20-24(29)28-11-9-26(10-12-28)18-21-6-3-2-4-7-21/h2-8,17,22H,9-16,18-20H2,1H3. The van der Waals surface area contributed by atoms with Gasteiger partial charge in [-0.1, -0.05) is 36.4 Å². The zero-order valence-corrected chi connectivity index (χ0v) is 19.3. The van der Waals surface area contributed by atoms with Crippen LogP contribution in [0.3, 0.4) is 0 Å². The average Bonchev–Trinajstić information content (AvgIpc) is 3.34. The number of nitrogens with zero attached hydrogens (tertiary/aromatic N) is 4. The monoisotopic (exact) mass is 442 g/mol. The minimum Gasteiger partial charge on any atom is -0.379 e. The van der Waals surface area contributed by atoms with Crippen LogP contribution in [-0.4, -0.2) is 98.1 Å². The van der Waals surface area contributed by atoms with Crippen LogP contribution in [0.25, 0.3) is 0 Å². The van der Waals surface area contributed by atoms with Crippen LogP contribution in [-0.2, 0) is 16.1 Å². The highest BCUT2D eigenvalue weighted by Crippen LogP contribution is 2.26. The molecule has 0 saturated carbocycles. The summed E-state index contributed by atoms with van der Waals surface area (Å²) in [5, 5.41) is 2.14. The number of thiophene rings is 1. The number of carbonyl (C=O) groups is 1. The Kier molecular flexibility index (Phi) is 8.10. The second kappa shape index (κ2) is 11.2. The molecule has 0 bridgehead atoms. The quantitative estimate of drug-likeness (QED) is 0.628. The van der Waals surface area contributed by atoms with Gasteiger partial charge in [0, 0.05) is 57.2 Å². The lowest BCUT2D eigenvalue weighted by molar-refractivity contribution is -0.134. The molecular formula is C24H34N4O2S. The second-order valence-electron chi connectivity index (χ2n) is 8.52. The lowest BCUT2D eigenvalue weighted by Gasteiger charge is -2.37. The number of hydrogen-bond donors (Lipinski definition) is 0. The molecule has 3 heterocycles. The van der Waals surface area contributed by atoms with Gasteiger partial charge in [0.15, 0.2) is 0 Å². The van der Waals surface area contributed by atoms with E-state index in [1.807, 2.05) is 4.90 Å². The summed E-state index contributed by atoms with van der Waals surface area (Å²) in [5.41, 5.74) is 1.34. The fraction of sp³-hybridized carbons (Fsp3) is 0.542. The average molecular weight is 443 g/mol. The molecule has 7 heteroatoms. The smallest absolute Gasteiger partial charge is 0.236 e. The van der Waals surface area contributed by atoms with Gasteiger partial charge in [-0.2, -0.15) is 0 Å². The summed E-state index contributed by atoms with van der Waals surface area (Å²) in [4.78, 5) is 23.5. The first-order valence-electron chi connectivity index (χ1n) is 11.3. The SMILES string of the molecule is CN(CC(=O)N1CCN(Cc2ccccc2)CC1)CC(c1cccs1)N1CCOCC1. The predicted octanol–water partition coefficient (Wildman–Crippen LogP) is 2.40. The topological polar surface area (TPSA) is 39.3 Å². The zero-order valence-electron chi connectivity index (χ0n) is 18.5. The molecule has 2 fully saturated rings. The summed E-state index contributed by atoms with van der Waals surface area (Å²) in [5.74, 6) is 0.244. The van der Waals surface area contributed by atoms with Gasteiger partial charge in [-0.25, -0.2) is 0 Å². The number of rotatable bonds is 8. The molecule has 2 saturated heterocycles. The van der Waals surface area contributed by atoms with E-state index in [0.29, 0.717) is 12.6 Å². The Morgan fingerprint density at radius 1 is 1.03 bits per heavy atom. The molecule has 0 N–H and O–H groups in total. The normalized spacial score (nSPS) is 19.6. The van der Waals surface area contributed by atoms with Crippen molar-refractivity contribution in [2.45, 2.75) is 12.6 Å². The summed E-state index contributed by atoms with van der Waals surface area (Å²) < 4.78 is 5.55. The van der Waals surface area contributed by atoms with Crippen molar-refractivity contribution in [3.8, 4) is 0 Å². The van der Waals surface area contributed by atoms with Gasteiger partial charge < -0.3 is 9.64 Å². The van der Waals surface area contributed by atoms with Gasteiger partial charge in [-0.3, -0.25) is 19.5 Å². The van der Waals surface area contributed by atoms with E-state index in [0.717, 1.165) is 65.6 Å². The van der Waals surface area contributed by atoms with Crippen LogP contribution in [0.5, 0.6) is 0 Å². The molecule has 1 aromatic heterocycles. The highest BCUT2D eigenvalue weighted by atomic mass is 32.1. The van der Waals surface area contributed by atoms with Crippen LogP contribution in [0.1, 0.15) is 16.5 Å². The third-order valence-corrected chi connectivity index (χ3v) is 7.20. The van der Waals surface area contributed by atoms with Crippen molar-refractivity contribution >= 4 is 17.2 Å². The number of ether oxygens (including phenoxy) is 1. The number of morpholine rings is 1. The molecule has 168 valence electrons. The maximum Gasteiger partial charge on any atom is 0.236 e. The van der Waals surface area contributed by atoms with E-state index >= 15 is 0 Å². The fourth-order valence-electron chi connectivity index (χ4n) is 4.44. The zero-order chi connectivity index (χ0) is 21.5. The van der Waals surface area contributed by atoms with E-state index in [9.17, 15) is 4.79 Å². The first-order chi connectivity index (χ1) is 15.2. The first kappa shape index (κ1) is 22.4. The van der Waals surface area contributed by atoms with Gasteiger partial charge >= 0.3 is 0 Å². The van der Waals surface area contributed by atoms with Crippen molar-refractivity contribution in [3.63, 3.8) is 0 Å². The van der Waals surface area contributed by atoms with Crippen LogP contribution in [0.2, 0.25) is 0 Å². The lowest BCUT2D eigenvalue weighted by Crippen LogP contribution is -2.51. The van der Waals surface area contributed by atoms with Crippen molar-refractivity contribution in [2.24, 2.45) is 0 Å². The Morgan fingerprint density at radius 2 is 1.77 bits per heavy atom. The van der Waals surface area contributed by atoms with Crippen LogP contribution >= 0.6 is 11.3 Å². The Hall–Kier alpha value is -1.77. The third kappa shape index (κ3) is 6.37. The molecule has 2 aliphatic heterocycles. The number of carbonyl (C=O) groups excluding carboxylic acids is 1. The van der Waals surface area contributed by atoms with Crippen molar-refractivity contribution in [3.05, 3.63) is 58.3 Å². The Labute approximate surface area is 190 Å². The minimum absolute atomic E-state index is 0.244. The number of benzene rings is 1. The molecule has 1 aromatic carbocycles. The predicted molar refractivity (Wildman–Crippen MR) is 125 cm³/mol. The lowest BCUT2D eigenvalue weighted by atomic mass is 10.1. The molecular weight excluding hydrogens is 408 g/mol. The molecule has 2 aromatic rings. The second-order valence-corrected chi connectivity index (χ2v) is 9.50. The van der Waals surface area contributed by atoms with E-state index in [4.69, 9.17) is 4.74 Å². The van der Waals surface area contributed by atoms with E-state index in [2.05, 4.69) is 69.6 Å². The van der Waals surface area contributed by atoms with Gasteiger partial charge in [0.1, 0.15) is 0 Å². The first-order valence-corrected chi connectivity index (χ1v) is 12.1. The molecule has 1 amide bonds. The highest BCUT2D eigenvalue weighted by molar-refractivity contribution is 7.10. The molecule has 1 atom stereocenters. The van der Waals surface area contributed by atoms with Gasteiger partial charge in [0.2, 0.25) is 5.91 Å². The van der Waals surface area contributed by atoms with Crippen molar-refractivity contribution < 1.29 is 9.53 Å². The van der Waals surface area contributed by atoms with E-state index in [-0.39, 0.29) is 5.91 Å². The summed E-state index contributed by atoms with van der Waals surface area (Å²) >= 11 is 1.80. The maximum absolute atomic E-state index is 13.0. The molecule has 0 aliphatic carbocycles. The summed E-state index contributed by atoms with van der Waals surface area (Å²) in [6.07, 6.45) is 0. The molecule has 0 radical (unpaired) electrons. The van der Waals surface area contributed by atoms with E-state index in [1.54, 1.807) is 11.3 Å². The number of amides is 1. The highest BCUT2D eigenvalue weighted by Gasteiger charge is 2.27. The number of piperazine rings is 1. The summed E-state index contributed by atoms with van der Waals surface area (Å²) in [7, 11) is 2.07. The van der Waals surface area contributed by atoms with Gasteiger partial charge in [0.25, 0.3) is 0 Å². The van der Waals surface area contributed by atoms with Gasteiger partial charge in [-0.15, -0.1) is 11.3 Å². The van der Waals surface area contributed by atoms with Crippen molar-refractivity contribution in [2.75, 3.05) is 72.6 Å². The molecule has 4 rings (SSSR count). The fourth-order valence-corrected chi connectivity index (χ4v) is 5.30. The van der Waals surface area contributed by atoms with Gasteiger partial charge in [0.05, 0.1) is 25.8 Å². The summed E-state index contributed by atoms with van der Waals surface area (Å²) in [6.45, 7) is 9.30. The van der Waals surface area contributed by atoms with Gasteiger partial charge in [-0.05, 0) is 24.1 Å². The molecule has 0 spiro atoms. The molecule has 2 aliphatic rings. The Bertz CT molecular complexity index is 787. The molecule has 31 heavy (non-hydrogen) atoms. The Balaban J connectivity index is 1.26. The minimum atomic E-state index is 0.244. The van der Waals surface area contributed by atoms with Crippen molar-refractivity contribution in [1.29, 1.82) is 0 Å².